The summed E-state index contributed by atoms with van der Waals surface area (Å²) < 4.78 is 27.7. The molecule has 2 aromatic rings. The number of aromatic nitrogens is 2. The third kappa shape index (κ3) is 3.28. The number of carbonyl (C=O) groups excluding carboxylic acids is 1. The lowest BCUT2D eigenvalue weighted by molar-refractivity contribution is 0.0980. The van der Waals surface area contributed by atoms with Gasteiger partial charge >= 0.3 is 10.2 Å². The zero-order valence-electron chi connectivity index (χ0n) is 13.7. The Morgan fingerprint density at radius 1 is 1.42 bits per heavy atom. The van der Waals surface area contributed by atoms with Crippen LogP contribution in [0.3, 0.4) is 0 Å². The van der Waals surface area contributed by atoms with E-state index in [0.29, 0.717) is 22.0 Å². The molecule has 0 unspecified atom stereocenters. The molecule has 0 radical (unpaired) electrons. The standard InChI is InChI=1S/C15H19BrN4O3S/c1-4-5-6-13(21)10-7-11(16)15-12(8-10)20(14(9-17)18-15)24(22,23)19(2)3/h7-9,17H,4-6H2,1-3H3. The van der Waals surface area contributed by atoms with Crippen molar-refractivity contribution in [2.24, 2.45) is 0 Å². The fourth-order valence-corrected chi connectivity index (χ4v) is 3.86. The molecule has 0 amide bonds. The number of nitrogens with one attached hydrogen (secondary N) is 1. The Kier molecular flexibility index (Phi) is 5.56. The first-order valence-electron chi connectivity index (χ1n) is 7.42. The molecule has 1 heterocycles. The number of rotatable bonds is 7. The van der Waals surface area contributed by atoms with E-state index in [1.165, 1.54) is 20.2 Å². The third-order valence-electron chi connectivity index (χ3n) is 3.60. The SMILES string of the molecule is CCCCC(=O)c1cc(Br)c2nc(C=N)n(S(=O)(=O)N(C)C)c2c1. The van der Waals surface area contributed by atoms with E-state index in [9.17, 15) is 13.2 Å². The lowest BCUT2D eigenvalue weighted by Crippen LogP contribution is -2.30. The quantitative estimate of drug-likeness (QED) is 0.556. The molecule has 7 nitrogen and oxygen atoms in total. The number of hydrogen-bond acceptors (Lipinski definition) is 5. The molecule has 0 spiro atoms. The van der Waals surface area contributed by atoms with Gasteiger partial charge in [-0.15, -0.1) is 0 Å². The van der Waals surface area contributed by atoms with Gasteiger partial charge in [-0.05, 0) is 34.5 Å². The second-order valence-corrected chi connectivity index (χ2v) is 8.37. The van der Waals surface area contributed by atoms with E-state index in [1.807, 2.05) is 6.92 Å². The zero-order chi connectivity index (χ0) is 18.1. The maximum Gasteiger partial charge on any atom is 0.309 e. The van der Waals surface area contributed by atoms with E-state index in [1.54, 1.807) is 6.07 Å². The highest BCUT2D eigenvalue weighted by atomic mass is 79.9. The number of Topliss-reactive ketones (excluding diaryl/α,β-unsaturated/α-hetero) is 1. The first-order chi connectivity index (χ1) is 11.2. The molecule has 1 N–H and O–H groups in total. The van der Waals surface area contributed by atoms with E-state index >= 15 is 0 Å². The molecule has 130 valence electrons. The van der Waals surface area contributed by atoms with Crippen molar-refractivity contribution in [3.8, 4) is 0 Å². The third-order valence-corrected chi connectivity index (χ3v) is 5.97. The molecule has 0 aliphatic heterocycles. The zero-order valence-corrected chi connectivity index (χ0v) is 16.1. The second kappa shape index (κ2) is 7.12. The van der Waals surface area contributed by atoms with Gasteiger partial charge in [-0.3, -0.25) is 4.79 Å². The van der Waals surface area contributed by atoms with Crippen molar-refractivity contribution in [2.75, 3.05) is 14.1 Å². The minimum atomic E-state index is -3.87. The molecule has 24 heavy (non-hydrogen) atoms. The Hall–Kier alpha value is -1.58. The number of imidazole rings is 1. The predicted octanol–water partition coefficient (Wildman–Crippen LogP) is 2.82. The normalized spacial score (nSPS) is 12.0. The van der Waals surface area contributed by atoms with Gasteiger partial charge in [0.1, 0.15) is 5.52 Å². The Balaban J connectivity index is 2.76. The van der Waals surface area contributed by atoms with Gasteiger partial charge in [0.05, 0.1) is 11.7 Å². The highest BCUT2D eigenvalue weighted by Crippen LogP contribution is 2.28. The number of fused-ring (bicyclic) bond motifs is 1. The van der Waals surface area contributed by atoms with Gasteiger partial charge in [0.2, 0.25) is 0 Å². The fraction of sp³-hybridized carbons (Fsp3) is 0.400. The topological polar surface area (TPSA) is 96.1 Å². The average molecular weight is 415 g/mol. The van der Waals surface area contributed by atoms with Gasteiger partial charge in [-0.25, -0.2) is 8.96 Å². The summed E-state index contributed by atoms with van der Waals surface area (Å²) in [5.41, 5.74) is 1.09. The second-order valence-electron chi connectivity index (χ2n) is 5.52. The molecule has 0 saturated heterocycles. The molecule has 0 bridgehead atoms. The largest absolute Gasteiger partial charge is 0.309 e. The van der Waals surface area contributed by atoms with Crippen LogP contribution in [0.4, 0.5) is 0 Å². The maximum atomic E-state index is 12.6. The molecular formula is C15H19BrN4O3S. The average Bonchev–Trinajstić information content (AvgIpc) is 2.92. The smallest absolute Gasteiger partial charge is 0.305 e. The van der Waals surface area contributed by atoms with Crippen molar-refractivity contribution in [3.63, 3.8) is 0 Å². The summed E-state index contributed by atoms with van der Waals surface area (Å²) >= 11 is 3.35. The van der Waals surface area contributed by atoms with E-state index < -0.39 is 10.2 Å². The summed E-state index contributed by atoms with van der Waals surface area (Å²) in [6, 6.07) is 3.17. The summed E-state index contributed by atoms with van der Waals surface area (Å²) in [4.78, 5) is 16.5. The van der Waals surface area contributed by atoms with Gasteiger partial charge in [0.25, 0.3) is 0 Å². The number of unbranched alkanes of at least 4 members (excludes halogenated alkanes) is 1. The minimum Gasteiger partial charge on any atom is -0.305 e. The number of carbonyl (C=O) groups is 1. The van der Waals surface area contributed by atoms with Crippen LogP contribution < -0.4 is 0 Å². The van der Waals surface area contributed by atoms with Crippen LogP contribution in [0.1, 0.15) is 42.4 Å². The first-order valence-corrected chi connectivity index (χ1v) is 9.61. The first kappa shape index (κ1) is 18.8. The van der Waals surface area contributed by atoms with Crippen LogP contribution in [0.15, 0.2) is 16.6 Å². The van der Waals surface area contributed by atoms with E-state index in [-0.39, 0.29) is 17.1 Å². The van der Waals surface area contributed by atoms with E-state index in [2.05, 4.69) is 20.9 Å². The predicted molar refractivity (Wildman–Crippen MR) is 97.2 cm³/mol. The molecule has 2 rings (SSSR count). The summed E-state index contributed by atoms with van der Waals surface area (Å²) in [5, 5.41) is 7.46. The van der Waals surface area contributed by atoms with Crippen molar-refractivity contribution in [2.45, 2.75) is 26.2 Å². The van der Waals surface area contributed by atoms with Crippen molar-refractivity contribution >= 4 is 49.2 Å². The number of benzene rings is 1. The molecule has 0 saturated carbocycles. The monoisotopic (exact) mass is 414 g/mol. The van der Waals surface area contributed by atoms with E-state index in [0.717, 1.165) is 27.3 Å². The van der Waals surface area contributed by atoms with E-state index in [4.69, 9.17) is 5.41 Å². The summed E-state index contributed by atoms with van der Waals surface area (Å²) in [6.07, 6.45) is 2.96. The summed E-state index contributed by atoms with van der Waals surface area (Å²) in [7, 11) is -1.07. The lowest BCUT2D eigenvalue weighted by Gasteiger charge is -2.14. The molecule has 9 heteroatoms. The fourth-order valence-electron chi connectivity index (χ4n) is 2.27. The van der Waals surface area contributed by atoms with Crippen LogP contribution in [-0.4, -0.2) is 47.8 Å². The molecular weight excluding hydrogens is 396 g/mol. The maximum absolute atomic E-state index is 12.6. The van der Waals surface area contributed by atoms with Crippen LogP contribution in [-0.2, 0) is 10.2 Å². The van der Waals surface area contributed by atoms with Gasteiger partial charge < -0.3 is 5.41 Å². The van der Waals surface area contributed by atoms with Crippen LogP contribution in [0.5, 0.6) is 0 Å². The lowest BCUT2D eigenvalue weighted by atomic mass is 10.1. The van der Waals surface area contributed by atoms with Crippen molar-refractivity contribution in [1.29, 1.82) is 5.41 Å². The highest BCUT2D eigenvalue weighted by Gasteiger charge is 2.25. The Morgan fingerprint density at radius 2 is 2.08 bits per heavy atom. The van der Waals surface area contributed by atoms with Gasteiger partial charge in [0.15, 0.2) is 11.6 Å². The van der Waals surface area contributed by atoms with Crippen LogP contribution in [0.25, 0.3) is 11.0 Å². The van der Waals surface area contributed by atoms with Gasteiger partial charge in [-0.1, -0.05) is 13.3 Å². The van der Waals surface area contributed by atoms with Crippen LogP contribution >= 0.6 is 15.9 Å². The molecule has 0 aliphatic rings. The molecule has 0 fully saturated rings. The molecule has 0 atom stereocenters. The molecule has 1 aromatic heterocycles. The van der Waals surface area contributed by atoms with Gasteiger partial charge in [0, 0.05) is 30.6 Å². The Labute approximate surface area is 149 Å². The highest BCUT2D eigenvalue weighted by molar-refractivity contribution is 9.10. The van der Waals surface area contributed by atoms with Gasteiger partial charge in [-0.2, -0.15) is 12.7 Å². The molecule has 0 aliphatic carbocycles. The molecule has 1 aromatic carbocycles. The minimum absolute atomic E-state index is 0.0162. The number of nitrogens with zero attached hydrogens (tertiary/aromatic N) is 3. The van der Waals surface area contributed by atoms with Crippen LogP contribution in [0.2, 0.25) is 0 Å². The van der Waals surface area contributed by atoms with Crippen molar-refractivity contribution in [3.05, 3.63) is 28.0 Å². The van der Waals surface area contributed by atoms with Crippen molar-refractivity contribution < 1.29 is 13.2 Å². The summed E-state index contributed by atoms with van der Waals surface area (Å²) in [6.45, 7) is 2.00. The summed E-state index contributed by atoms with van der Waals surface area (Å²) in [5.74, 6) is -0.0663. The number of halogens is 1. The number of hydrogen-bond donors (Lipinski definition) is 1. The van der Waals surface area contributed by atoms with Crippen molar-refractivity contribution in [1.82, 2.24) is 13.3 Å². The number of ketones is 1. The Morgan fingerprint density at radius 3 is 2.62 bits per heavy atom. The Bertz CT molecular complexity index is 903. The van der Waals surface area contributed by atoms with Crippen LogP contribution in [0, 0.1) is 5.41 Å².